The molecule has 3 aromatic rings. The average Bonchev–Trinajstić information content (AvgIpc) is 3.17. The third-order valence-electron chi connectivity index (χ3n) is 4.14. The molecule has 2 N–H and O–H groups in total. The maximum absolute atomic E-state index is 12.6. The van der Waals surface area contributed by atoms with Gasteiger partial charge in [0.15, 0.2) is 5.76 Å². The molecule has 0 saturated carbocycles. The molecule has 3 rings (SSSR count). The first-order valence-corrected chi connectivity index (χ1v) is 8.76. The minimum absolute atomic E-state index is 0.209. The van der Waals surface area contributed by atoms with Gasteiger partial charge < -0.3 is 15.1 Å². The Morgan fingerprint density at radius 3 is 2.19 bits per heavy atom. The van der Waals surface area contributed by atoms with Crippen molar-refractivity contribution < 1.29 is 14.0 Å². The van der Waals surface area contributed by atoms with Crippen LogP contribution >= 0.6 is 11.6 Å². The quantitative estimate of drug-likeness (QED) is 0.662. The van der Waals surface area contributed by atoms with Gasteiger partial charge in [0.1, 0.15) is 0 Å². The van der Waals surface area contributed by atoms with Crippen LogP contribution in [0.1, 0.15) is 40.3 Å². The van der Waals surface area contributed by atoms with Gasteiger partial charge in [-0.05, 0) is 67.9 Å². The minimum atomic E-state index is -0.562. The topological polar surface area (TPSA) is 71.3 Å². The van der Waals surface area contributed by atoms with Crippen LogP contribution in [-0.4, -0.2) is 11.8 Å². The fourth-order valence-corrected chi connectivity index (χ4v) is 2.73. The molecule has 138 valence electrons. The van der Waals surface area contributed by atoms with Gasteiger partial charge in [0, 0.05) is 16.3 Å². The van der Waals surface area contributed by atoms with E-state index in [1.807, 2.05) is 26.0 Å². The van der Waals surface area contributed by atoms with Crippen LogP contribution in [0.2, 0.25) is 5.02 Å². The third-order valence-corrected chi connectivity index (χ3v) is 4.39. The zero-order valence-corrected chi connectivity index (χ0v) is 15.7. The Morgan fingerprint density at radius 2 is 1.59 bits per heavy atom. The number of furan rings is 1. The highest BCUT2D eigenvalue weighted by Gasteiger charge is 2.23. The lowest BCUT2D eigenvalue weighted by Gasteiger charge is -2.27. The molecule has 6 heteroatoms. The summed E-state index contributed by atoms with van der Waals surface area (Å²) in [6, 6.07) is 17.2. The van der Waals surface area contributed by atoms with Crippen molar-refractivity contribution in [1.82, 2.24) is 5.32 Å². The first kappa shape index (κ1) is 18.7. The summed E-state index contributed by atoms with van der Waals surface area (Å²) in [5.41, 5.74) is 1.45. The van der Waals surface area contributed by atoms with E-state index in [4.69, 9.17) is 16.0 Å². The van der Waals surface area contributed by atoms with Crippen molar-refractivity contribution in [2.24, 2.45) is 0 Å². The standard InChI is InChI=1S/C21H19ClN2O3/c1-21(2,15-7-9-16(22)10-8-15)24-19(25)14-5-11-17(12-6-14)23-20(26)18-4-3-13-27-18/h3-13H,1-2H3,(H,23,26)(H,24,25). The largest absolute Gasteiger partial charge is 0.459 e. The van der Waals surface area contributed by atoms with E-state index < -0.39 is 5.54 Å². The molecule has 0 fully saturated rings. The number of benzene rings is 2. The molecular formula is C21H19ClN2O3. The summed E-state index contributed by atoms with van der Waals surface area (Å²) in [6.45, 7) is 3.85. The molecule has 2 amide bonds. The third kappa shape index (κ3) is 4.57. The number of anilines is 1. The van der Waals surface area contributed by atoms with E-state index in [1.165, 1.54) is 6.26 Å². The number of hydrogen-bond acceptors (Lipinski definition) is 3. The summed E-state index contributed by atoms with van der Waals surface area (Å²) >= 11 is 5.92. The van der Waals surface area contributed by atoms with E-state index in [0.717, 1.165) is 5.56 Å². The summed E-state index contributed by atoms with van der Waals surface area (Å²) in [5.74, 6) is -0.332. The van der Waals surface area contributed by atoms with E-state index in [9.17, 15) is 9.59 Å². The van der Waals surface area contributed by atoms with Crippen LogP contribution in [0.25, 0.3) is 0 Å². The second kappa shape index (κ2) is 7.68. The van der Waals surface area contributed by atoms with Gasteiger partial charge in [-0.1, -0.05) is 23.7 Å². The molecule has 0 aliphatic rings. The SMILES string of the molecule is CC(C)(NC(=O)c1ccc(NC(=O)c2ccco2)cc1)c1ccc(Cl)cc1. The number of halogens is 1. The molecule has 2 aromatic carbocycles. The Bertz CT molecular complexity index is 931. The van der Waals surface area contributed by atoms with Gasteiger partial charge in [0.25, 0.3) is 11.8 Å². The molecule has 0 radical (unpaired) electrons. The highest BCUT2D eigenvalue weighted by molar-refractivity contribution is 6.30. The smallest absolute Gasteiger partial charge is 0.291 e. The number of rotatable bonds is 5. The molecule has 0 unspecified atom stereocenters. The van der Waals surface area contributed by atoms with Gasteiger partial charge >= 0.3 is 0 Å². The molecule has 0 aliphatic carbocycles. The molecule has 5 nitrogen and oxygen atoms in total. The van der Waals surface area contributed by atoms with E-state index in [1.54, 1.807) is 48.5 Å². The highest BCUT2D eigenvalue weighted by Crippen LogP contribution is 2.23. The fraction of sp³-hybridized carbons (Fsp3) is 0.143. The van der Waals surface area contributed by atoms with Crippen LogP contribution < -0.4 is 10.6 Å². The second-order valence-corrected chi connectivity index (χ2v) is 7.03. The Balaban J connectivity index is 1.66. The summed E-state index contributed by atoms with van der Waals surface area (Å²) < 4.78 is 5.05. The summed E-state index contributed by atoms with van der Waals surface area (Å²) in [5, 5.41) is 6.37. The number of amides is 2. The summed E-state index contributed by atoms with van der Waals surface area (Å²) in [4.78, 5) is 24.6. The Labute approximate surface area is 162 Å². The first-order chi connectivity index (χ1) is 12.8. The fourth-order valence-electron chi connectivity index (χ4n) is 2.60. The van der Waals surface area contributed by atoms with Gasteiger partial charge in [-0.3, -0.25) is 9.59 Å². The lowest BCUT2D eigenvalue weighted by atomic mass is 9.94. The van der Waals surface area contributed by atoms with Crippen molar-refractivity contribution in [2.75, 3.05) is 5.32 Å². The number of carbonyl (C=O) groups excluding carboxylic acids is 2. The van der Waals surface area contributed by atoms with Crippen LogP contribution in [0.4, 0.5) is 5.69 Å². The predicted molar refractivity (Wildman–Crippen MR) is 105 cm³/mol. The monoisotopic (exact) mass is 382 g/mol. The van der Waals surface area contributed by atoms with Crippen LogP contribution in [-0.2, 0) is 5.54 Å². The zero-order valence-electron chi connectivity index (χ0n) is 15.0. The van der Waals surface area contributed by atoms with Crippen molar-refractivity contribution in [3.8, 4) is 0 Å². The molecule has 0 aliphatic heterocycles. The van der Waals surface area contributed by atoms with Gasteiger partial charge in [0.2, 0.25) is 0 Å². The normalized spacial score (nSPS) is 11.1. The van der Waals surface area contributed by atoms with Crippen LogP contribution in [0.5, 0.6) is 0 Å². The molecule has 0 spiro atoms. The van der Waals surface area contributed by atoms with E-state index in [-0.39, 0.29) is 17.6 Å². The Kier molecular flexibility index (Phi) is 5.33. The van der Waals surface area contributed by atoms with Gasteiger partial charge in [0.05, 0.1) is 11.8 Å². The molecule has 27 heavy (non-hydrogen) atoms. The van der Waals surface area contributed by atoms with Crippen molar-refractivity contribution >= 4 is 29.1 Å². The van der Waals surface area contributed by atoms with Crippen molar-refractivity contribution in [3.63, 3.8) is 0 Å². The first-order valence-electron chi connectivity index (χ1n) is 8.39. The summed E-state index contributed by atoms with van der Waals surface area (Å²) in [6.07, 6.45) is 1.44. The van der Waals surface area contributed by atoms with Crippen molar-refractivity contribution in [1.29, 1.82) is 0 Å². The lowest BCUT2D eigenvalue weighted by molar-refractivity contribution is 0.0911. The van der Waals surface area contributed by atoms with Gasteiger partial charge in [-0.25, -0.2) is 0 Å². The zero-order chi connectivity index (χ0) is 19.4. The maximum atomic E-state index is 12.6. The van der Waals surface area contributed by atoms with Crippen molar-refractivity contribution in [2.45, 2.75) is 19.4 Å². The van der Waals surface area contributed by atoms with E-state index >= 15 is 0 Å². The van der Waals surface area contributed by atoms with Crippen molar-refractivity contribution in [3.05, 3.63) is 88.8 Å². The molecule has 0 atom stereocenters. The minimum Gasteiger partial charge on any atom is -0.459 e. The second-order valence-electron chi connectivity index (χ2n) is 6.59. The summed E-state index contributed by atoms with van der Waals surface area (Å²) in [7, 11) is 0. The maximum Gasteiger partial charge on any atom is 0.291 e. The van der Waals surface area contributed by atoms with Crippen LogP contribution in [0.15, 0.2) is 71.3 Å². The highest BCUT2D eigenvalue weighted by atomic mass is 35.5. The number of carbonyl (C=O) groups is 2. The number of nitrogens with one attached hydrogen (secondary N) is 2. The molecular weight excluding hydrogens is 364 g/mol. The predicted octanol–water partition coefficient (Wildman–Crippen LogP) is 4.85. The molecule has 1 heterocycles. The Hall–Kier alpha value is -3.05. The van der Waals surface area contributed by atoms with Gasteiger partial charge in [-0.2, -0.15) is 0 Å². The van der Waals surface area contributed by atoms with E-state index in [0.29, 0.717) is 16.3 Å². The van der Waals surface area contributed by atoms with Crippen LogP contribution in [0, 0.1) is 0 Å². The van der Waals surface area contributed by atoms with E-state index in [2.05, 4.69) is 10.6 Å². The molecule has 1 aromatic heterocycles. The Morgan fingerprint density at radius 1 is 0.926 bits per heavy atom. The molecule has 0 saturated heterocycles. The lowest BCUT2D eigenvalue weighted by Crippen LogP contribution is -2.40. The number of hydrogen-bond donors (Lipinski definition) is 2. The van der Waals surface area contributed by atoms with Gasteiger partial charge in [-0.15, -0.1) is 0 Å². The molecule has 0 bridgehead atoms. The van der Waals surface area contributed by atoms with Crippen LogP contribution in [0.3, 0.4) is 0 Å². The average molecular weight is 383 g/mol.